The third-order valence-corrected chi connectivity index (χ3v) is 7.82. The van der Waals surface area contributed by atoms with Gasteiger partial charge in [0.1, 0.15) is 11.3 Å². The summed E-state index contributed by atoms with van der Waals surface area (Å²) in [4.78, 5) is 26.4. The molecule has 3 N–H and O–H groups in total. The van der Waals surface area contributed by atoms with E-state index in [1.165, 1.54) is 0 Å². The molecule has 5 rings (SSSR count). The van der Waals surface area contributed by atoms with Gasteiger partial charge in [0.15, 0.2) is 0 Å². The second-order valence-corrected chi connectivity index (χ2v) is 9.05. The number of piperidine rings is 1. The van der Waals surface area contributed by atoms with E-state index in [1.54, 1.807) is 12.0 Å². The third-order valence-electron chi connectivity index (χ3n) is 7.82. The summed E-state index contributed by atoms with van der Waals surface area (Å²) >= 11 is 0. The summed E-state index contributed by atoms with van der Waals surface area (Å²) in [5, 5.41) is 17.2. The molecule has 4 atom stereocenters. The van der Waals surface area contributed by atoms with Crippen LogP contribution in [0.25, 0.3) is 0 Å². The van der Waals surface area contributed by atoms with Crippen molar-refractivity contribution in [2.75, 3.05) is 20.2 Å². The number of rotatable bonds is 3. The number of imide groups is 1. The number of benzene rings is 1. The molecule has 2 saturated heterocycles. The van der Waals surface area contributed by atoms with Crippen LogP contribution in [0.4, 0.5) is 13.6 Å². The van der Waals surface area contributed by atoms with Crippen molar-refractivity contribution in [3.05, 3.63) is 29.3 Å². The summed E-state index contributed by atoms with van der Waals surface area (Å²) in [5.41, 5.74) is -1.36. The van der Waals surface area contributed by atoms with Crippen LogP contribution >= 0.6 is 0 Å². The van der Waals surface area contributed by atoms with Gasteiger partial charge in [-0.05, 0) is 61.9 Å². The van der Waals surface area contributed by atoms with Crippen molar-refractivity contribution >= 4 is 11.9 Å². The van der Waals surface area contributed by atoms with Crippen molar-refractivity contribution < 1.29 is 28.2 Å². The highest BCUT2D eigenvalue weighted by molar-refractivity contribution is 6.07. The van der Waals surface area contributed by atoms with Gasteiger partial charge in [-0.25, -0.2) is 13.6 Å². The van der Waals surface area contributed by atoms with Crippen LogP contribution in [-0.2, 0) is 16.6 Å². The number of nitrogens with zero attached hydrogens (tertiary/aromatic N) is 1. The van der Waals surface area contributed by atoms with E-state index in [-0.39, 0.29) is 25.2 Å². The minimum absolute atomic E-state index is 0.229. The summed E-state index contributed by atoms with van der Waals surface area (Å²) in [6.07, 6.45) is -0.891. The van der Waals surface area contributed by atoms with Crippen LogP contribution in [0, 0.1) is 0 Å². The molecular weight excluding hydrogens is 396 g/mol. The topological polar surface area (TPSA) is 90.9 Å². The van der Waals surface area contributed by atoms with Gasteiger partial charge in [0, 0.05) is 11.5 Å². The highest BCUT2D eigenvalue weighted by atomic mass is 19.3. The molecule has 4 aliphatic rings. The zero-order chi connectivity index (χ0) is 21.3. The van der Waals surface area contributed by atoms with Crippen molar-refractivity contribution in [3.63, 3.8) is 0 Å². The Bertz CT molecular complexity index is 928. The molecule has 0 radical (unpaired) electrons. The number of fused-ring (bicyclic) bond motifs is 1. The van der Waals surface area contributed by atoms with E-state index >= 15 is 0 Å². The van der Waals surface area contributed by atoms with Gasteiger partial charge in [-0.2, -0.15) is 0 Å². The molecule has 7 nitrogen and oxygen atoms in total. The molecule has 1 aromatic carbocycles. The van der Waals surface area contributed by atoms with Gasteiger partial charge in [-0.3, -0.25) is 15.0 Å². The number of aliphatic hydroxyl groups is 1. The minimum atomic E-state index is -2.49. The molecule has 3 amide bonds. The smallest absolute Gasteiger partial charge is 0.322 e. The van der Waals surface area contributed by atoms with Crippen molar-refractivity contribution in [2.24, 2.45) is 0 Å². The quantitative estimate of drug-likeness (QED) is 0.641. The SMILES string of the molecule is COc1ccc2c(c1)[C@]13CCN(CC(F)F)[C@H](C2)[C@]1(O)CC[C@@]1(C3)NC(=O)NC1=O. The predicted octanol–water partition coefficient (Wildman–Crippen LogP) is 1.32. The summed E-state index contributed by atoms with van der Waals surface area (Å²) in [6.45, 7) is -0.00345. The van der Waals surface area contributed by atoms with Gasteiger partial charge in [-0.1, -0.05) is 6.07 Å². The fraction of sp³-hybridized carbons (Fsp3) is 0.619. The monoisotopic (exact) mass is 421 g/mol. The van der Waals surface area contributed by atoms with E-state index in [2.05, 4.69) is 10.6 Å². The number of nitrogens with one attached hydrogen (secondary N) is 2. The Morgan fingerprint density at radius 3 is 2.77 bits per heavy atom. The van der Waals surface area contributed by atoms with Gasteiger partial charge in [-0.15, -0.1) is 0 Å². The second-order valence-electron chi connectivity index (χ2n) is 9.05. The van der Waals surface area contributed by atoms with Crippen LogP contribution in [0.2, 0.25) is 0 Å². The fourth-order valence-electron chi connectivity index (χ4n) is 6.48. The Morgan fingerprint density at radius 1 is 1.30 bits per heavy atom. The van der Waals surface area contributed by atoms with Crippen LogP contribution in [0.1, 0.15) is 36.8 Å². The fourth-order valence-corrected chi connectivity index (χ4v) is 6.48. The van der Waals surface area contributed by atoms with Crippen LogP contribution < -0.4 is 15.4 Å². The lowest BCUT2D eigenvalue weighted by molar-refractivity contribution is -0.184. The zero-order valence-corrected chi connectivity index (χ0v) is 16.7. The highest BCUT2D eigenvalue weighted by Crippen LogP contribution is 2.60. The van der Waals surface area contributed by atoms with Crippen molar-refractivity contribution in [1.82, 2.24) is 15.5 Å². The number of urea groups is 1. The second kappa shape index (κ2) is 6.37. The zero-order valence-electron chi connectivity index (χ0n) is 16.7. The molecule has 0 aromatic heterocycles. The van der Waals surface area contributed by atoms with E-state index in [0.29, 0.717) is 25.1 Å². The summed E-state index contributed by atoms with van der Waals surface area (Å²) < 4.78 is 32.0. The molecule has 2 aliphatic heterocycles. The number of hydrogen-bond donors (Lipinski definition) is 3. The molecular formula is C21H25F2N3O4. The molecule has 162 valence electrons. The molecule has 0 unspecified atom stereocenters. The number of halogens is 2. The number of alkyl halides is 2. The van der Waals surface area contributed by atoms with Crippen molar-refractivity contribution in [1.29, 1.82) is 0 Å². The average molecular weight is 421 g/mol. The first-order chi connectivity index (χ1) is 14.2. The number of ether oxygens (including phenoxy) is 1. The molecule has 3 fully saturated rings. The first-order valence-corrected chi connectivity index (χ1v) is 10.3. The van der Waals surface area contributed by atoms with Gasteiger partial charge in [0.25, 0.3) is 12.3 Å². The molecule has 2 heterocycles. The van der Waals surface area contributed by atoms with Gasteiger partial charge >= 0.3 is 6.03 Å². The Hall–Kier alpha value is -2.26. The van der Waals surface area contributed by atoms with Crippen molar-refractivity contribution in [2.45, 2.75) is 61.1 Å². The Balaban J connectivity index is 1.67. The van der Waals surface area contributed by atoms with E-state index < -0.39 is 41.6 Å². The average Bonchev–Trinajstić information content (AvgIpc) is 2.97. The summed E-state index contributed by atoms with van der Waals surface area (Å²) in [7, 11) is 1.56. The number of carbonyl (C=O) groups excluding carboxylic acids is 2. The van der Waals surface area contributed by atoms with Crippen LogP contribution in [0.15, 0.2) is 18.2 Å². The number of amides is 3. The normalized spacial score (nSPS) is 37.6. The van der Waals surface area contributed by atoms with E-state index in [4.69, 9.17) is 4.74 Å². The first kappa shape index (κ1) is 19.7. The maximum atomic E-state index is 13.3. The molecule has 1 saturated carbocycles. The molecule has 1 spiro atoms. The van der Waals surface area contributed by atoms with Crippen LogP contribution in [0.3, 0.4) is 0 Å². The third kappa shape index (κ3) is 2.48. The lowest BCUT2D eigenvalue weighted by Gasteiger charge is -2.65. The number of methoxy groups -OCH3 is 1. The molecule has 2 bridgehead atoms. The Morgan fingerprint density at radius 2 is 2.10 bits per heavy atom. The molecule has 9 heteroatoms. The standard InChI is InChI=1S/C21H25F2N3O4/c1-30-13-3-2-12-8-15-21(29)5-4-20(17(27)24-18(28)25-20)11-19(21,14(12)9-13)6-7-26(15)10-16(22)23/h2-3,9,15-16,29H,4-8,10-11H2,1H3,(H2,24,25,27,28)/t15-,19-,20+,21-/m1/s1. The minimum Gasteiger partial charge on any atom is -0.497 e. The van der Waals surface area contributed by atoms with Crippen LogP contribution in [-0.4, -0.2) is 65.8 Å². The van der Waals surface area contributed by atoms with Crippen molar-refractivity contribution in [3.8, 4) is 5.75 Å². The lowest BCUT2D eigenvalue weighted by atomic mass is 9.46. The van der Waals surface area contributed by atoms with Gasteiger partial charge in [0.2, 0.25) is 0 Å². The molecule has 30 heavy (non-hydrogen) atoms. The number of likely N-dealkylation sites (tertiary alicyclic amines) is 1. The number of carbonyl (C=O) groups is 2. The molecule has 2 aliphatic carbocycles. The largest absolute Gasteiger partial charge is 0.497 e. The van der Waals surface area contributed by atoms with E-state index in [0.717, 1.165) is 11.1 Å². The number of hydrogen-bond acceptors (Lipinski definition) is 5. The summed E-state index contributed by atoms with van der Waals surface area (Å²) in [6, 6.07) is 4.64. The predicted molar refractivity (Wildman–Crippen MR) is 103 cm³/mol. The first-order valence-electron chi connectivity index (χ1n) is 10.3. The van der Waals surface area contributed by atoms with Gasteiger partial charge < -0.3 is 15.2 Å². The van der Waals surface area contributed by atoms with E-state index in [9.17, 15) is 23.5 Å². The maximum Gasteiger partial charge on any atom is 0.322 e. The van der Waals surface area contributed by atoms with Gasteiger partial charge in [0.05, 0.1) is 19.3 Å². The van der Waals surface area contributed by atoms with E-state index in [1.807, 2.05) is 18.2 Å². The Labute approximate surface area is 172 Å². The highest BCUT2D eigenvalue weighted by Gasteiger charge is 2.69. The summed E-state index contributed by atoms with van der Waals surface area (Å²) in [5.74, 6) is 0.254. The van der Waals surface area contributed by atoms with Crippen LogP contribution in [0.5, 0.6) is 5.75 Å². The lowest BCUT2D eigenvalue weighted by Crippen LogP contribution is -2.76. The Kier molecular flexibility index (Phi) is 4.18. The maximum absolute atomic E-state index is 13.3. The molecule has 1 aromatic rings.